The number of aromatic nitrogens is 1. The molecule has 0 unspecified atom stereocenters. The minimum absolute atomic E-state index is 0.229. The van der Waals surface area contributed by atoms with Gasteiger partial charge in [-0.15, -0.1) is 0 Å². The fourth-order valence-electron chi connectivity index (χ4n) is 1.37. The van der Waals surface area contributed by atoms with Crippen LogP contribution in [0, 0.1) is 0 Å². The lowest BCUT2D eigenvalue weighted by Gasteiger charge is -1.99. The molecule has 0 spiro atoms. The molecule has 0 radical (unpaired) electrons. The van der Waals surface area contributed by atoms with Gasteiger partial charge in [0.15, 0.2) is 5.82 Å². The van der Waals surface area contributed by atoms with E-state index in [0.717, 1.165) is 0 Å². The Morgan fingerprint density at radius 2 is 1.94 bits per heavy atom. The lowest BCUT2D eigenvalue weighted by molar-refractivity contribution is 0.0697. The largest absolute Gasteiger partial charge is 0.478 e. The zero-order chi connectivity index (χ0) is 12.1. The predicted molar refractivity (Wildman–Crippen MR) is 64.9 cm³/mol. The SMILES string of the molecule is O=C(O)c1ccccc1/C=N/c1ccccn1. The van der Waals surface area contributed by atoms with Gasteiger partial charge in [-0.2, -0.15) is 0 Å². The maximum Gasteiger partial charge on any atom is 0.336 e. The summed E-state index contributed by atoms with van der Waals surface area (Å²) in [6, 6.07) is 12.1. The fraction of sp³-hybridized carbons (Fsp3) is 0. The van der Waals surface area contributed by atoms with Gasteiger partial charge < -0.3 is 5.11 Å². The number of hydrogen-bond donors (Lipinski definition) is 1. The number of nitrogens with zero attached hydrogens (tertiary/aromatic N) is 2. The van der Waals surface area contributed by atoms with Crippen LogP contribution < -0.4 is 0 Å². The van der Waals surface area contributed by atoms with Crippen LogP contribution in [0.4, 0.5) is 5.82 Å². The lowest BCUT2D eigenvalue weighted by atomic mass is 10.1. The molecule has 0 aliphatic carbocycles. The van der Waals surface area contributed by atoms with E-state index in [1.807, 2.05) is 6.07 Å². The molecule has 0 saturated carbocycles. The van der Waals surface area contributed by atoms with Crippen LogP contribution in [0.3, 0.4) is 0 Å². The van der Waals surface area contributed by atoms with Crippen molar-refractivity contribution in [2.24, 2.45) is 4.99 Å². The second-order valence-corrected chi connectivity index (χ2v) is 3.34. The summed E-state index contributed by atoms with van der Waals surface area (Å²) in [6.45, 7) is 0. The molecule has 0 fully saturated rings. The summed E-state index contributed by atoms with van der Waals surface area (Å²) in [5.41, 5.74) is 0.790. The highest BCUT2D eigenvalue weighted by atomic mass is 16.4. The van der Waals surface area contributed by atoms with Gasteiger partial charge in [0, 0.05) is 18.0 Å². The smallest absolute Gasteiger partial charge is 0.336 e. The third kappa shape index (κ3) is 2.75. The van der Waals surface area contributed by atoms with Crippen molar-refractivity contribution in [3.05, 3.63) is 59.8 Å². The van der Waals surface area contributed by atoms with Gasteiger partial charge in [-0.1, -0.05) is 24.3 Å². The molecule has 0 bridgehead atoms. The van der Waals surface area contributed by atoms with Crippen molar-refractivity contribution in [3.63, 3.8) is 0 Å². The van der Waals surface area contributed by atoms with E-state index in [4.69, 9.17) is 5.11 Å². The number of benzene rings is 1. The summed E-state index contributed by atoms with van der Waals surface area (Å²) in [6.07, 6.45) is 3.14. The van der Waals surface area contributed by atoms with Crippen molar-refractivity contribution in [3.8, 4) is 0 Å². The number of pyridine rings is 1. The number of rotatable bonds is 3. The fourth-order valence-corrected chi connectivity index (χ4v) is 1.37. The van der Waals surface area contributed by atoms with Gasteiger partial charge in [0.1, 0.15) is 0 Å². The molecule has 1 aromatic heterocycles. The van der Waals surface area contributed by atoms with Gasteiger partial charge in [0.2, 0.25) is 0 Å². The summed E-state index contributed by atoms with van der Waals surface area (Å²) in [7, 11) is 0. The first-order chi connectivity index (χ1) is 8.27. The monoisotopic (exact) mass is 226 g/mol. The molecular formula is C13H10N2O2. The molecule has 0 atom stereocenters. The molecule has 0 saturated heterocycles. The minimum Gasteiger partial charge on any atom is -0.478 e. The highest BCUT2D eigenvalue weighted by Crippen LogP contribution is 2.09. The maximum atomic E-state index is 11.0. The number of aromatic carboxylic acids is 1. The van der Waals surface area contributed by atoms with E-state index in [1.165, 1.54) is 6.21 Å². The zero-order valence-corrected chi connectivity index (χ0v) is 8.95. The molecule has 4 nitrogen and oxygen atoms in total. The van der Waals surface area contributed by atoms with E-state index in [-0.39, 0.29) is 5.56 Å². The Hall–Kier alpha value is -2.49. The molecule has 0 aliphatic rings. The van der Waals surface area contributed by atoms with Crippen LogP contribution in [0.1, 0.15) is 15.9 Å². The quantitative estimate of drug-likeness (QED) is 0.818. The Morgan fingerprint density at radius 1 is 1.18 bits per heavy atom. The number of carbonyl (C=O) groups is 1. The lowest BCUT2D eigenvalue weighted by Crippen LogP contribution is -2.01. The van der Waals surface area contributed by atoms with Crippen molar-refractivity contribution in [2.75, 3.05) is 0 Å². The Labute approximate surface area is 98.3 Å². The van der Waals surface area contributed by atoms with Crippen molar-refractivity contribution < 1.29 is 9.90 Å². The van der Waals surface area contributed by atoms with Crippen molar-refractivity contribution >= 4 is 18.0 Å². The first kappa shape index (κ1) is 11.0. The van der Waals surface area contributed by atoms with E-state index >= 15 is 0 Å². The van der Waals surface area contributed by atoms with Crippen LogP contribution in [0.25, 0.3) is 0 Å². The molecule has 2 rings (SSSR count). The summed E-state index contributed by atoms with van der Waals surface area (Å²) >= 11 is 0. The topological polar surface area (TPSA) is 62.5 Å². The first-order valence-corrected chi connectivity index (χ1v) is 5.05. The van der Waals surface area contributed by atoms with E-state index < -0.39 is 5.97 Å². The van der Waals surface area contributed by atoms with Crippen LogP contribution in [-0.4, -0.2) is 22.3 Å². The molecule has 84 valence electrons. The van der Waals surface area contributed by atoms with Crippen molar-refractivity contribution in [1.82, 2.24) is 4.98 Å². The van der Waals surface area contributed by atoms with Gasteiger partial charge in [-0.05, 0) is 18.2 Å². The van der Waals surface area contributed by atoms with Gasteiger partial charge in [-0.3, -0.25) is 0 Å². The highest BCUT2D eigenvalue weighted by Gasteiger charge is 2.06. The minimum atomic E-state index is -0.965. The van der Waals surface area contributed by atoms with Crippen LogP contribution in [-0.2, 0) is 0 Å². The number of carboxylic acids is 1. The molecule has 1 N–H and O–H groups in total. The van der Waals surface area contributed by atoms with Crippen LogP contribution in [0.15, 0.2) is 53.7 Å². The second-order valence-electron chi connectivity index (χ2n) is 3.34. The van der Waals surface area contributed by atoms with Gasteiger partial charge in [0.05, 0.1) is 5.56 Å². The van der Waals surface area contributed by atoms with Crippen molar-refractivity contribution in [2.45, 2.75) is 0 Å². The molecule has 2 aromatic rings. The normalized spacial score (nSPS) is 10.6. The van der Waals surface area contributed by atoms with Crippen molar-refractivity contribution in [1.29, 1.82) is 0 Å². The van der Waals surface area contributed by atoms with Gasteiger partial charge >= 0.3 is 5.97 Å². The van der Waals surface area contributed by atoms with Crippen LogP contribution in [0.5, 0.6) is 0 Å². The van der Waals surface area contributed by atoms with E-state index in [1.54, 1.807) is 42.6 Å². The molecule has 0 amide bonds. The predicted octanol–water partition coefficient (Wildman–Crippen LogP) is 2.53. The summed E-state index contributed by atoms with van der Waals surface area (Å²) < 4.78 is 0. The highest BCUT2D eigenvalue weighted by molar-refractivity contribution is 5.98. The average molecular weight is 226 g/mol. The molecule has 4 heteroatoms. The average Bonchev–Trinajstić information content (AvgIpc) is 2.38. The standard InChI is InChI=1S/C13H10N2O2/c16-13(17)11-6-2-1-5-10(11)9-15-12-7-3-4-8-14-12/h1-9H,(H,16,17)/b15-9+. The number of aliphatic imine (C=N–C) groups is 1. The Morgan fingerprint density at radius 3 is 2.65 bits per heavy atom. The second kappa shape index (κ2) is 5.03. The van der Waals surface area contributed by atoms with E-state index in [9.17, 15) is 4.79 Å². The van der Waals surface area contributed by atoms with E-state index in [0.29, 0.717) is 11.4 Å². The molecule has 1 aromatic carbocycles. The Bertz CT molecular complexity index is 550. The molecular weight excluding hydrogens is 216 g/mol. The number of carboxylic acid groups (broad SMARTS) is 1. The Kier molecular flexibility index (Phi) is 3.25. The van der Waals surface area contributed by atoms with Gasteiger partial charge in [-0.25, -0.2) is 14.8 Å². The molecule has 0 aliphatic heterocycles. The molecule has 17 heavy (non-hydrogen) atoms. The third-order valence-electron chi connectivity index (χ3n) is 2.18. The van der Waals surface area contributed by atoms with E-state index in [2.05, 4.69) is 9.98 Å². The molecule has 1 heterocycles. The van der Waals surface area contributed by atoms with Crippen LogP contribution in [0.2, 0.25) is 0 Å². The summed E-state index contributed by atoms with van der Waals surface area (Å²) in [5.74, 6) is -0.416. The number of hydrogen-bond acceptors (Lipinski definition) is 3. The summed E-state index contributed by atoms with van der Waals surface area (Å²) in [4.78, 5) is 19.1. The zero-order valence-electron chi connectivity index (χ0n) is 8.95. The maximum absolute atomic E-state index is 11.0. The Balaban J connectivity index is 2.30. The summed E-state index contributed by atoms with van der Waals surface area (Å²) in [5, 5.41) is 8.99. The first-order valence-electron chi connectivity index (χ1n) is 5.05. The van der Waals surface area contributed by atoms with Gasteiger partial charge in [0.25, 0.3) is 0 Å². The van der Waals surface area contributed by atoms with Crippen LogP contribution >= 0.6 is 0 Å². The third-order valence-corrected chi connectivity index (χ3v) is 2.18.